The quantitative estimate of drug-likeness (QED) is 0.0390. The highest BCUT2D eigenvalue weighted by molar-refractivity contribution is 5.94. The first kappa shape index (κ1) is 35.5. The number of likely N-dealkylation sites (tertiary alicyclic amines) is 1. The number of nitrogens with zero attached hydrogens (tertiary/aromatic N) is 2. The van der Waals surface area contributed by atoms with Gasteiger partial charge in [0.05, 0.1) is 12.6 Å². The molecular formula is C25H48N10O6. The predicted molar refractivity (Wildman–Crippen MR) is 153 cm³/mol. The number of carboxylic acid groups (broad SMARTS) is 1. The monoisotopic (exact) mass is 584 g/mol. The molecule has 4 amide bonds. The van der Waals surface area contributed by atoms with Gasteiger partial charge in [-0.15, -0.1) is 0 Å². The molecule has 16 heteroatoms. The summed E-state index contributed by atoms with van der Waals surface area (Å²) in [5.74, 6) is -3.50. The molecule has 4 atom stereocenters. The Labute approximate surface area is 240 Å². The summed E-state index contributed by atoms with van der Waals surface area (Å²) < 4.78 is 0. The molecule has 0 unspecified atom stereocenters. The van der Waals surface area contributed by atoms with E-state index in [9.17, 15) is 29.1 Å². The van der Waals surface area contributed by atoms with Crippen molar-refractivity contribution in [1.29, 1.82) is 0 Å². The molecule has 41 heavy (non-hydrogen) atoms. The molecule has 1 aliphatic heterocycles. The van der Waals surface area contributed by atoms with Gasteiger partial charge in [0, 0.05) is 13.1 Å². The Bertz CT molecular complexity index is 898. The summed E-state index contributed by atoms with van der Waals surface area (Å²) in [6, 6.07) is -3.74. The lowest BCUT2D eigenvalue weighted by Gasteiger charge is -2.27. The van der Waals surface area contributed by atoms with E-state index in [2.05, 4.69) is 20.9 Å². The van der Waals surface area contributed by atoms with Crippen LogP contribution in [0.2, 0.25) is 0 Å². The zero-order valence-electron chi connectivity index (χ0n) is 23.7. The zero-order valence-corrected chi connectivity index (χ0v) is 23.7. The minimum Gasteiger partial charge on any atom is -0.480 e. The first-order chi connectivity index (χ1) is 19.5. The average Bonchev–Trinajstić information content (AvgIpc) is 3.42. The van der Waals surface area contributed by atoms with Gasteiger partial charge < -0.3 is 54.6 Å². The Morgan fingerprint density at radius 3 is 2.15 bits per heavy atom. The number of hydrogen-bond acceptors (Lipinski definition) is 9. The summed E-state index contributed by atoms with van der Waals surface area (Å²) in [5.41, 5.74) is 27.6. The van der Waals surface area contributed by atoms with Gasteiger partial charge in [0.2, 0.25) is 23.6 Å². The minimum absolute atomic E-state index is 0.115. The zero-order chi connectivity index (χ0) is 30.8. The van der Waals surface area contributed by atoms with Crippen molar-refractivity contribution in [2.45, 2.75) is 88.4 Å². The third-order valence-corrected chi connectivity index (χ3v) is 6.71. The molecule has 234 valence electrons. The smallest absolute Gasteiger partial charge is 0.326 e. The number of hydrogen-bond donors (Lipinski definition) is 9. The number of amides is 4. The van der Waals surface area contributed by atoms with Crippen molar-refractivity contribution in [2.75, 3.05) is 32.7 Å². The molecule has 0 aromatic heterocycles. The van der Waals surface area contributed by atoms with Crippen molar-refractivity contribution in [2.24, 2.45) is 33.7 Å². The molecule has 0 bridgehead atoms. The van der Waals surface area contributed by atoms with Gasteiger partial charge >= 0.3 is 5.97 Å². The SMILES string of the molecule is NCCCC[C@H](NC(=O)[C@H](CCCN=C(N)N)NC(=O)CNC(=O)[C@@H]1CCCN1C(=O)[C@@H](N)CCCCN)C(=O)O. The van der Waals surface area contributed by atoms with Crippen LogP contribution in [-0.2, 0) is 24.0 Å². The van der Waals surface area contributed by atoms with Crippen LogP contribution in [0.5, 0.6) is 0 Å². The molecular weight excluding hydrogens is 536 g/mol. The molecule has 1 saturated heterocycles. The maximum Gasteiger partial charge on any atom is 0.326 e. The summed E-state index contributed by atoms with van der Waals surface area (Å²) in [5, 5.41) is 17.0. The van der Waals surface area contributed by atoms with Crippen LogP contribution >= 0.6 is 0 Å². The van der Waals surface area contributed by atoms with E-state index in [-0.39, 0.29) is 31.3 Å². The van der Waals surface area contributed by atoms with Crippen LogP contribution in [0.4, 0.5) is 0 Å². The number of carbonyl (C=O) groups excluding carboxylic acids is 4. The van der Waals surface area contributed by atoms with Crippen LogP contribution in [0.1, 0.15) is 64.2 Å². The first-order valence-corrected chi connectivity index (χ1v) is 14.1. The van der Waals surface area contributed by atoms with E-state index in [4.69, 9.17) is 28.7 Å². The summed E-state index contributed by atoms with van der Waals surface area (Å²) in [4.78, 5) is 68.2. The number of carbonyl (C=O) groups is 5. The van der Waals surface area contributed by atoms with Gasteiger partial charge in [-0.2, -0.15) is 0 Å². The van der Waals surface area contributed by atoms with Crippen molar-refractivity contribution < 1.29 is 29.1 Å². The Kier molecular flexibility index (Phi) is 16.9. The van der Waals surface area contributed by atoms with E-state index in [0.717, 1.165) is 6.42 Å². The lowest BCUT2D eigenvalue weighted by Crippen LogP contribution is -2.54. The fourth-order valence-corrected chi connectivity index (χ4v) is 4.47. The summed E-state index contributed by atoms with van der Waals surface area (Å²) in [6.07, 6.45) is 4.69. The van der Waals surface area contributed by atoms with Gasteiger partial charge in [-0.05, 0) is 70.9 Å². The lowest BCUT2D eigenvalue weighted by atomic mass is 10.1. The minimum atomic E-state index is -1.21. The molecule has 14 N–H and O–H groups in total. The number of aliphatic carboxylic acids is 1. The van der Waals surface area contributed by atoms with Crippen LogP contribution in [0.3, 0.4) is 0 Å². The molecule has 1 aliphatic rings. The van der Waals surface area contributed by atoms with Crippen LogP contribution in [-0.4, -0.2) is 102 Å². The third kappa shape index (κ3) is 13.6. The van der Waals surface area contributed by atoms with Crippen LogP contribution < -0.4 is 44.6 Å². The largest absolute Gasteiger partial charge is 0.480 e. The van der Waals surface area contributed by atoms with Crippen LogP contribution in [0.25, 0.3) is 0 Å². The fraction of sp³-hybridized carbons (Fsp3) is 0.760. The van der Waals surface area contributed by atoms with Crippen molar-refractivity contribution in [1.82, 2.24) is 20.9 Å². The van der Waals surface area contributed by atoms with E-state index in [1.165, 1.54) is 4.90 Å². The Balaban J connectivity index is 2.76. The predicted octanol–water partition coefficient (Wildman–Crippen LogP) is -3.21. The van der Waals surface area contributed by atoms with E-state index < -0.39 is 54.4 Å². The van der Waals surface area contributed by atoms with E-state index >= 15 is 0 Å². The molecule has 0 aromatic carbocycles. The summed E-state index contributed by atoms with van der Waals surface area (Å²) in [6.45, 7) is 1.03. The van der Waals surface area contributed by atoms with Gasteiger partial charge in [-0.1, -0.05) is 6.42 Å². The van der Waals surface area contributed by atoms with Crippen molar-refractivity contribution >= 4 is 35.6 Å². The molecule has 0 radical (unpaired) electrons. The first-order valence-electron chi connectivity index (χ1n) is 14.1. The second kappa shape index (κ2) is 19.6. The standard InChI is InChI=1S/C25H48N10O6/c26-11-3-1-7-16(28)23(39)35-14-6-10-19(35)22(38)32-15-20(36)33-17(9-5-13-31-25(29)30)21(37)34-18(24(40)41)8-2-4-12-27/h16-19H,1-15,26-28H2,(H,32,38)(H,33,36)(H,34,37)(H,40,41)(H4,29,30,31)/t16-,17-,18-,19-/m0/s1. The molecule has 0 aliphatic carbocycles. The second-order valence-electron chi connectivity index (χ2n) is 10.1. The van der Waals surface area contributed by atoms with Gasteiger partial charge in [0.1, 0.15) is 18.1 Å². The molecule has 0 aromatic rings. The molecule has 0 saturated carbocycles. The number of rotatable bonds is 20. The highest BCUT2D eigenvalue weighted by Gasteiger charge is 2.36. The van der Waals surface area contributed by atoms with Crippen molar-refractivity contribution in [3.63, 3.8) is 0 Å². The number of aliphatic imine (C=N–C) groups is 1. The molecule has 16 nitrogen and oxygen atoms in total. The van der Waals surface area contributed by atoms with E-state index in [1.807, 2.05) is 0 Å². The summed E-state index contributed by atoms with van der Waals surface area (Å²) in [7, 11) is 0. The molecule has 1 heterocycles. The number of unbranched alkanes of at least 4 members (excludes halogenated alkanes) is 2. The Morgan fingerprint density at radius 2 is 1.54 bits per heavy atom. The lowest BCUT2D eigenvalue weighted by molar-refractivity contribution is -0.142. The molecule has 1 rings (SSSR count). The third-order valence-electron chi connectivity index (χ3n) is 6.71. The molecule has 0 spiro atoms. The van der Waals surface area contributed by atoms with Crippen LogP contribution in [0.15, 0.2) is 4.99 Å². The van der Waals surface area contributed by atoms with Crippen molar-refractivity contribution in [3.05, 3.63) is 0 Å². The van der Waals surface area contributed by atoms with Gasteiger partial charge in [-0.25, -0.2) is 4.79 Å². The highest BCUT2D eigenvalue weighted by atomic mass is 16.4. The average molecular weight is 585 g/mol. The maximum absolute atomic E-state index is 12.9. The van der Waals surface area contributed by atoms with Crippen molar-refractivity contribution in [3.8, 4) is 0 Å². The van der Waals surface area contributed by atoms with Gasteiger partial charge in [0.15, 0.2) is 5.96 Å². The second-order valence-corrected chi connectivity index (χ2v) is 10.1. The van der Waals surface area contributed by atoms with E-state index in [1.54, 1.807) is 0 Å². The number of guanidine groups is 1. The van der Waals surface area contributed by atoms with E-state index in [0.29, 0.717) is 64.6 Å². The number of nitrogens with two attached hydrogens (primary N) is 5. The number of carboxylic acids is 1. The Hall–Kier alpha value is -3.50. The highest BCUT2D eigenvalue weighted by Crippen LogP contribution is 2.19. The van der Waals surface area contributed by atoms with Gasteiger partial charge in [-0.3, -0.25) is 24.2 Å². The fourth-order valence-electron chi connectivity index (χ4n) is 4.47. The normalized spacial score (nSPS) is 16.8. The topological polar surface area (TPSA) is 287 Å². The maximum atomic E-state index is 12.9. The summed E-state index contributed by atoms with van der Waals surface area (Å²) >= 11 is 0. The van der Waals surface area contributed by atoms with Crippen LogP contribution in [0, 0.1) is 0 Å². The van der Waals surface area contributed by atoms with Gasteiger partial charge in [0.25, 0.3) is 0 Å². The molecule has 1 fully saturated rings. The number of nitrogens with one attached hydrogen (secondary N) is 3. The Morgan fingerprint density at radius 1 is 0.902 bits per heavy atom.